The van der Waals surface area contributed by atoms with Crippen LogP contribution in [0.5, 0.6) is 0 Å². The highest BCUT2D eigenvalue weighted by atomic mass is 16.6. The molecule has 8 heteroatoms. The standard InChI is InChI=1S/C20H35NO7/c1-10-13(11-2)26-14(12-3)15(16(22)23)21(17(24)27-19(4,5)6)18(25)28-20(7,8)9/h12-15H,3,10-11H2,1-2,4-9H3,(H,22,23)/t14-,15+/m0/s1. The number of rotatable bonds is 8. The van der Waals surface area contributed by atoms with Gasteiger partial charge >= 0.3 is 18.2 Å². The van der Waals surface area contributed by atoms with E-state index in [1.165, 1.54) is 6.08 Å². The first-order chi connectivity index (χ1) is 12.7. The zero-order valence-corrected chi connectivity index (χ0v) is 18.3. The van der Waals surface area contributed by atoms with E-state index < -0.39 is 41.5 Å². The molecule has 28 heavy (non-hydrogen) atoms. The smallest absolute Gasteiger partial charge is 0.420 e. The Balaban J connectivity index is 6.10. The molecular weight excluding hydrogens is 366 g/mol. The molecule has 0 radical (unpaired) electrons. The minimum Gasteiger partial charge on any atom is -0.480 e. The Morgan fingerprint density at radius 1 is 0.964 bits per heavy atom. The van der Waals surface area contributed by atoms with Crippen LogP contribution >= 0.6 is 0 Å². The van der Waals surface area contributed by atoms with E-state index in [2.05, 4.69) is 6.58 Å². The Morgan fingerprint density at radius 2 is 1.36 bits per heavy atom. The summed E-state index contributed by atoms with van der Waals surface area (Å²) in [6, 6.07) is -1.69. The molecule has 0 saturated carbocycles. The number of imide groups is 1. The summed E-state index contributed by atoms with van der Waals surface area (Å²) in [4.78, 5) is 38.0. The molecule has 0 aromatic heterocycles. The highest BCUT2D eigenvalue weighted by molar-refractivity contribution is 5.94. The van der Waals surface area contributed by atoms with Crippen molar-refractivity contribution < 1.29 is 33.7 Å². The Kier molecular flexibility index (Phi) is 9.67. The van der Waals surface area contributed by atoms with Crippen LogP contribution in [0.2, 0.25) is 0 Å². The van der Waals surface area contributed by atoms with E-state index in [1.807, 2.05) is 13.8 Å². The van der Waals surface area contributed by atoms with E-state index in [4.69, 9.17) is 14.2 Å². The first-order valence-electron chi connectivity index (χ1n) is 9.42. The SMILES string of the molecule is C=C[C@H](OC(CC)CC)[C@H](C(=O)O)N(C(=O)OC(C)(C)C)C(=O)OC(C)(C)C. The summed E-state index contributed by atoms with van der Waals surface area (Å²) < 4.78 is 16.3. The van der Waals surface area contributed by atoms with Gasteiger partial charge in [0, 0.05) is 0 Å². The molecule has 0 aliphatic rings. The molecular formula is C20H35NO7. The number of nitrogens with zero attached hydrogens (tertiary/aromatic N) is 1. The number of aliphatic carboxylic acids is 1. The van der Waals surface area contributed by atoms with Gasteiger partial charge in [-0.15, -0.1) is 6.58 Å². The van der Waals surface area contributed by atoms with Crippen molar-refractivity contribution in [2.24, 2.45) is 0 Å². The molecule has 1 N–H and O–H groups in total. The summed E-state index contributed by atoms with van der Waals surface area (Å²) in [5, 5.41) is 9.81. The molecule has 0 bridgehead atoms. The largest absolute Gasteiger partial charge is 0.480 e. The number of hydrogen-bond acceptors (Lipinski definition) is 6. The van der Waals surface area contributed by atoms with Crippen molar-refractivity contribution in [1.82, 2.24) is 4.90 Å². The van der Waals surface area contributed by atoms with E-state index in [0.29, 0.717) is 17.7 Å². The lowest BCUT2D eigenvalue weighted by Crippen LogP contribution is -2.57. The summed E-state index contributed by atoms with van der Waals surface area (Å²) in [7, 11) is 0. The molecule has 2 amide bonds. The van der Waals surface area contributed by atoms with Crippen LogP contribution in [-0.2, 0) is 19.0 Å². The van der Waals surface area contributed by atoms with E-state index in [1.54, 1.807) is 41.5 Å². The average molecular weight is 402 g/mol. The Hall–Kier alpha value is -2.09. The fourth-order valence-corrected chi connectivity index (χ4v) is 2.28. The van der Waals surface area contributed by atoms with Crippen molar-refractivity contribution in [3.63, 3.8) is 0 Å². The van der Waals surface area contributed by atoms with Gasteiger partial charge in [-0.25, -0.2) is 14.4 Å². The van der Waals surface area contributed by atoms with Gasteiger partial charge in [-0.05, 0) is 54.4 Å². The molecule has 0 fully saturated rings. The van der Waals surface area contributed by atoms with Crippen molar-refractivity contribution >= 4 is 18.2 Å². The topological polar surface area (TPSA) is 102 Å². The molecule has 8 nitrogen and oxygen atoms in total. The molecule has 0 aliphatic carbocycles. The lowest BCUT2D eigenvalue weighted by atomic mass is 10.1. The van der Waals surface area contributed by atoms with Gasteiger partial charge < -0.3 is 19.3 Å². The fraction of sp³-hybridized carbons (Fsp3) is 0.750. The number of amides is 2. The average Bonchev–Trinajstić information content (AvgIpc) is 2.50. The van der Waals surface area contributed by atoms with Gasteiger partial charge in [0.25, 0.3) is 0 Å². The summed E-state index contributed by atoms with van der Waals surface area (Å²) in [6.45, 7) is 17.1. The van der Waals surface area contributed by atoms with Crippen LogP contribution in [0.3, 0.4) is 0 Å². The Morgan fingerprint density at radius 3 is 1.61 bits per heavy atom. The fourth-order valence-electron chi connectivity index (χ4n) is 2.28. The highest BCUT2D eigenvalue weighted by Crippen LogP contribution is 2.22. The summed E-state index contributed by atoms with van der Waals surface area (Å²) in [5.74, 6) is -1.44. The van der Waals surface area contributed by atoms with E-state index >= 15 is 0 Å². The lowest BCUT2D eigenvalue weighted by molar-refractivity contribution is -0.149. The molecule has 2 atom stereocenters. The van der Waals surface area contributed by atoms with Crippen LogP contribution in [0, 0.1) is 0 Å². The van der Waals surface area contributed by atoms with E-state index in [9.17, 15) is 19.5 Å². The quantitative estimate of drug-likeness (QED) is 0.602. The summed E-state index contributed by atoms with van der Waals surface area (Å²) in [5.41, 5.74) is -1.89. The van der Waals surface area contributed by atoms with Crippen LogP contribution in [0.15, 0.2) is 12.7 Å². The molecule has 162 valence electrons. The first kappa shape index (κ1) is 25.9. The normalized spacial score (nSPS) is 14.2. The van der Waals surface area contributed by atoms with Crippen LogP contribution in [0.25, 0.3) is 0 Å². The number of carboxylic acid groups (broad SMARTS) is 1. The number of hydrogen-bond donors (Lipinski definition) is 1. The van der Waals surface area contributed by atoms with Crippen molar-refractivity contribution in [2.75, 3.05) is 0 Å². The van der Waals surface area contributed by atoms with Gasteiger partial charge in [0.15, 0.2) is 6.04 Å². The second-order valence-electron chi connectivity index (χ2n) is 8.39. The van der Waals surface area contributed by atoms with Gasteiger partial charge in [0.2, 0.25) is 0 Å². The number of carboxylic acids is 1. The van der Waals surface area contributed by atoms with Gasteiger partial charge in [0.05, 0.1) is 6.10 Å². The molecule has 0 spiro atoms. The predicted octanol–water partition coefficient (Wildman–Crippen LogP) is 4.37. The zero-order valence-electron chi connectivity index (χ0n) is 18.3. The maximum Gasteiger partial charge on any atom is 0.420 e. The maximum absolute atomic E-state index is 12.7. The summed E-state index contributed by atoms with van der Waals surface area (Å²) in [6.07, 6.45) is -1.13. The van der Waals surface area contributed by atoms with Crippen LogP contribution in [0.1, 0.15) is 68.2 Å². The van der Waals surface area contributed by atoms with Gasteiger partial charge in [-0.2, -0.15) is 4.90 Å². The minimum absolute atomic E-state index is 0.260. The lowest BCUT2D eigenvalue weighted by Gasteiger charge is -2.35. The summed E-state index contributed by atoms with van der Waals surface area (Å²) >= 11 is 0. The highest BCUT2D eigenvalue weighted by Gasteiger charge is 2.44. The Labute approximate surface area is 167 Å². The van der Waals surface area contributed by atoms with Crippen LogP contribution in [-0.4, -0.2) is 57.6 Å². The predicted molar refractivity (Wildman–Crippen MR) is 105 cm³/mol. The number of ether oxygens (including phenoxy) is 3. The molecule has 0 aromatic carbocycles. The van der Waals surface area contributed by atoms with E-state index in [0.717, 1.165) is 0 Å². The van der Waals surface area contributed by atoms with Gasteiger partial charge in [0.1, 0.15) is 17.3 Å². The van der Waals surface area contributed by atoms with Gasteiger partial charge in [-0.3, -0.25) is 0 Å². The Bertz CT molecular complexity index is 528. The second-order valence-corrected chi connectivity index (χ2v) is 8.39. The third-order valence-corrected chi connectivity index (χ3v) is 3.52. The molecule has 0 saturated heterocycles. The van der Waals surface area contributed by atoms with Gasteiger partial charge in [-0.1, -0.05) is 19.9 Å². The van der Waals surface area contributed by atoms with Crippen molar-refractivity contribution in [2.45, 2.75) is 97.7 Å². The molecule has 0 unspecified atom stereocenters. The minimum atomic E-state index is -1.69. The first-order valence-corrected chi connectivity index (χ1v) is 9.42. The third kappa shape index (κ3) is 8.73. The van der Waals surface area contributed by atoms with E-state index in [-0.39, 0.29) is 6.10 Å². The van der Waals surface area contributed by atoms with Crippen molar-refractivity contribution in [1.29, 1.82) is 0 Å². The molecule has 0 heterocycles. The third-order valence-electron chi connectivity index (χ3n) is 3.52. The van der Waals surface area contributed by atoms with Crippen LogP contribution in [0.4, 0.5) is 9.59 Å². The molecule has 0 aliphatic heterocycles. The molecule has 0 aromatic rings. The van der Waals surface area contributed by atoms with Crippen molar-refractivity contribution in [3.05, 3.63) is 12.7 Å². The molecule has 0 rings (SSSR count). The zero-order chi connectivity index (χ0) is 22.3. The second kappa shape index (κ2) is 10.5. The number of carbonyl (C=O) groups excluding carboxylic acids is 2. The monoisotopic (exact) mass is 401 g/mol. The maximum atomic E-state index is 12.7. The van der Waals surface area contributed by atoms with Crippen LogP contribution < -0.4 is 0 Å². The number of carbonyl (C=O) groups is 3. The van der Waals surface area contributed by atoms with Crippen molar-refractivity contribution in [3.8, 4) is 0 Å².